The van der Waals surface area contributed by atoms with Crippen molar-refractivity contribution in [3.05, 3.63) is 53.9 Å². The van der Waals surface area contributed by atoms with Crippen molar-refractivity contribution in [3.63, 3.8) is 0 Å². The minimum Gasteiger partial charge on any atom is -0.342 e. The zero-order valence-corrected chi connectivity index (χ0v) is 17.5. The van der Waals surface area contributed by atoms with E-state index in [-0.39, 0.29) is 21.9 Å². The maximum Gasteiger partial charge on any atom is 0.253 e. The summed E-state index contributed by atoms with van der Waals surface area (Å²) in [6.45, 7) is 1.61. The molecule has 0 fully saturated rings. The monoisotopic (exact) mass is 439 g/mol. The maximum absolute atomic E-state index is 12.4. The van der Waals surface area contributed by atoms with Gasteiger partial charge in [0.15, 0.2) is 9.84 Å². The number of hydrogen-bond acceptors (Lipinski definition) is 7. The van der Waals surface area contributed by atoms with Gasteiger partial charge in [0.25, 0.3) is 5.91 Å². The van der Waals surface area contributed by atoms with Gasteiger partial charge in [-0.05, 0) is 36.8 Å². The summed E-state index contributed by atoms with van der Waals surface area (Å²) in [6, 6.07) is 7.38. The van der Waals surface area contributed by atoms with Crippen molar-refractivity contribution < 1.29 is 26.4 Å². The van der Waals surface area contributed by atoms with E-state index in [9.17, 15) is 26.4 Å². The Hall–Kier alpha value is -2.63. The molecular formula is C18H21N3O6S2. The normalized spacial score (nSPS) is 12.9. The van der Waals surface area contributed by atoms with Crippen molar-refractivity contribution in [2.45, 2.75) is 35.7 Å². The first-order valence-corrected chi connectivity index (χ1v) is 11.9. The lowest BCUT2D eigenvalue weighted by Crippen LogP contribution is -2.35. The fourth-order valence-corrected chi connectivity index (χ4v) is 4.06. The zero-order chi connectivity index (χ0) is 21.7. The van der Waals surface area contributed by atoms with E-state index < -0.39 is 31.8 Å². The number of carbonyl (C=O) groups is 2. The third kappa shape index (κ3) is 6.17. The van der Waals surface area contributed by atoms with Crippen LogP contribution >= 0.6 is 0 Å². The molecule has 0 spiro atoms. The third-order valence-electron chi connectivity index (χ3n) is 3.99. The molecule has 2 N–H and O–H groups in total. The predicted molar refractivity (Wildman–Crippen MR) is 105 cm³/mol. The highest BCUT2D eigenvalue weighted by Crippen LogP contribution is 2.16. The Labute approximate surface area is 169 Å². The smallest absolute Gasteiger partial charge is 0.253 e. The Bertz CT molecular complexity index is 1100. The maximum atomic E-state index is 12.4. The lowest BCUT2D eigenvalue weighted by atomic mass is 10.2. The fraction of sp³-hybridized carbons (Fsp3) is 0.278. The molecule has 0 saturated heterocycles. The molecule has 0 aliphatic rings. The van der Waals surface area contributed by atoms with E-state index in [1.165, 1.54) is 36.5 Å². The average molecular weight is 440 g/mol. The highest BCUT2D eigenvalue weighted by molar-refractivity contribution is 7.91. The van der Waals surface area contributed by atoms with Gasteiger partial charge >= 0.3 is 0 Å². The van der Waals surface area contributed by atoms with Crippen LogP contribution in [0.15, 0.2) is 52.4 Å². The standard InChI is InChI=1S/C18H21N3O6S2/c1-3-14(12-22)21-18(23)13-7-8-15(19-10-13)11-20-29(26,27)17-6-4-5-16(9-17)28(2,24)25/h4-10,12,14,20H,3,11H2,1-2H3,(H,21,23)/t14-/m0/s1. The molecule has 1 atom stereocenters. The molecule has 0 saturated carbocycles. The van der Waals surface area contributed by atoms with Crippen LogP contribution in [0.25, 0.3) is 0 Å². The van der Waals surface area contributed by atoms with Gasteiger partial charge in [0.2, 0.25) is 10.0 Å². The molecule has 0 radical (unpaired) electrons. The van der Waals surface area contributed by atoms with Crippen LogP contribution in [0.2, 0.25) is 0 Å². The summed E-state index contributed by atoms with van der Waals surface area (Å²) in [5.74, 6) is -0.457. The third-order valence-corrected chi connectivity index (χ3v) is 6.50. The molecule has 2 aromatic rings. The second kappa shape index (κ2) is 9.25. The fourth-order valence-electron chi connectivity index (χ4n) is 2.27. The van der Waals surface area contributed by atoms with Crippen LogP contribution in [0.5, 0.6) is 0 Å². The number of carbonyl (C=O) groups excluding carboxylic acids is 2. The number of aromatic nitrogens is 1. The summed E-state index contributed by atoms with van der Waals surface area (Å²) in [7, 11) is -7.51. The van der Waals surface area contributed by atoms with Crippen molar-refractivity contribution in [1.29, 1.82) is 0 Å². The number of aldehydes is 1. The largest absolute Gasteiger partial charge is 0.342 e. The minimum atomic E-state index is -3.96. The second-order valence-electron chi connectivity index (χ2n) is 6.23. The zero-order valence-electron chi connectivity index (χ0n) is 15.8. The molecule has 2 rings (SSSR count). The highest BCUT2D eigenvalue weighted by Gasteiger charge is 2.17. The van der Waals surface area contributed by atoms with Gasteiger partial charge < -0.3 is 10.1 Å². The van der Waals surface area contributed by atoms with Crippen molar-refractivity contribution in [1.82, 2.24) is 15.0 Å². The number of hydrogen-bond donors (Lipinski definition) is 2. The number of pyridine rings is 1. The van der Waals surface area contributed by atoms with Gasteiger partial charge in [-0.25, -0.2) is 21.6 Å². The molecule has 1 amide bonds. The molecule has 9 nitrogen and oxygen atoms in total. The van der Waals surface area contributed by atoms with Crippen LogP contribution < -0.4 is 10.0 Å². The molecule has 0 unspecified atom stereocenters. The quantitative estimate of drug-likeness (QED) is 0.547. The van der Waals surface area contributed by atoms with Crippen LogP contribution in [0.3, 0.4) is 0 Å². The van der Waals surface area contributed by atoms with Crippen LogP contribution in [0.4, 0.5) is 0 Å². The summed E-state index contributed by atoms with van der Waals surface area (Å²) in [6.07, 6.45) is 3.38. The number of benzene rings is 1. The Morgan fingerprint density at radius 1 is 1.14 bits per heavy atom. The molecule has 0 aliphatic heterocycles. The Kier molecular flexibility index (Phi) is 7.22. The van der Waals surface area contributed by atoms with Crippen molar-refractivity contribution in [3.8, 4) is 0 Å². The topological polar surface area (TPSA) is 139 Å². The molecule has 156 valence electrons. The summed E-state index contributed by atoms with van der Waals surface area (Å²) in [5, 5.41) is 2.54. The summed E-state index contributed by atoms with van der Waals surface area (Å²) in [5.41, 5.74) is 0.588. The first kappa shape index (κ1) is 22.7. The van der Waals surface area contributed by atoms with E-state index in [1.807, 2.05) is 0 Å². The summed E-state index contributed by atoms with van der Waals surface area (Å²) in [4.78, 5) is 26.6. The van der Waals surface area contributed by atoms with E-state index in [1.54, 1.807) is 6.92 Å². The van der Waals surface area contributed by atoms with E-state index >= 15 is 0 Å². The number of sulfonamides is 1. The SMILES string of the molecule is CC[C@@H](C=O)NC(=O)c1ccc(CNS(=O)(=O)c2cccc(S(C)(=O)=O)c2)nc1. The lowest BCUT2D eigenvalue weighted by Gasteiger charge is -2.11. The van der Waals surface area contributed by atoms with Crippen molar-refractivity contribution in [2.75, 3.05) is 6.26 Å². The molecule has 1 aromatic heterocycles. The first-order valence-electron chi connectivity index (χ1n) is 8.57. The first-order chi connectivity index (χ1) is 13.6. The van der Waals surface area contributed by atoms with E-state index in [4.69, 9.17) is 0 Å². The molecule has 11 heteroatoms. The van der Waals surface area contributed by atoms with Crippen LogP contribution in [0, 0.1) is 0 Å². The van der Waals surface area contributed by atoms with E-state index in [0.717, 1.165) is 12.3 Å². The molecule has 0 aliphatic carbocycles. The van der Waals surface area contributed by atoms with Crippen LogP contribution in [-0.4, -0.2) is 46.3 Å². The molecule has 0 bridgehead atoms. The molecule has 1 heterocycles. The number of nitrogens with one attached hydrogen (secondary N) is 2. The van der Waals surface area contributed by atoms with Crippen LogP contribution in [0.1, 0.15) is 29.4 Å². The van der Waals surface area contributed by atoms with E-state index in [0.29, 0.717) is 18.4 Å². The minimum absolute atomic E-state index is 0.102. The second-order valence-corrected chi connectivity index (χ2v) is 10.0. The molecular weight excluding hydrogens is 418 g/mol. The predicted octanol–water partition coefficient (Wildman–Crippen LogP) is 0.671. The Morgan fingerprint density at radius 2 is 1.83 bits per heavy atom. The molecule has 29 heavy (non-hydrogen) atoms. The van der Waals surface area contributed by atoms with Crippen molar-refractivity contribution in [2.24, 2.45) is 0 Å². The van der Waals surface area contributed by atoms with Crippen molar-refractivity contribution >= 4 is 32.1 Å². The van der Waals surface area contributed by atoms with Gasteiger partial charge in [0, 0.05) is 12.5 Å². The van der Waals surface area contributed by atoms with Gasteiger partial charge in [0.1, 0.15) is 6.29 Å². The van der Waals surface area contributed by atoms with Gasteiger partial charge in [-0.15, -0.1) is 0 Å². The Balaban J connectivity index is 2.08. The van der Waals surface area contributed by atoms with Gasteiger partial charge in [-0.2, -0.15) is 0 Å². The van der Waals surface area contributed by atoms with Gasteiger partial charge in [-0.1, -0.05) is 13.0 Å². The van der Waals surface area contributed by atoms with E-state index in [2.05, 4.69) is 15.0 Å². The summed E-state index contributed by atoms with van der Waals surface area (Å²) < 4.78 is 50.4. The number of amides is 1. The number of nitrogens with zero attached hydrogens (tertiary/aromatic N) is 1. The average Bonchev–Trinajstić information content (AvgIpc) is 2.70. The number of sulfone groups is 1. The number of rotatable bonds is 9. The van der Waals surface area contributed by atoms with Gasteiger partial charge in [0.05, 0.1) is 33.6 Å². The Morgan fingerprint density at radius 3 is 2.38 bits per heavy atom. The summed E-state index contributed by atoms with van der Waals surface area (Å²) >= 11 is 0. The lowest BCUT2D eigenvalue weighted by molar-refractivity contribution is -0.109. The highest BCUT2D eigenvalue weighted by atomic mass is 32.2. The van der Waals surface area contributed by atoms with Crippen LogP contribution in [-0.2, 0) is 31.2 Å². The molecule has 1 aromatic carbocycles. The van der Waals surface area contributed by atoms with Gasteiger partial charge in [-0.3, -0.25) is 9.78 Å².